The summed E-state index contributed by atoms with van der Waals surface area (Å²) in [5.74, 6) is -0.905. The van der Waals surface area contributed by atoms with E-state index in [2.05, 4.69) is 10.3 Å². The number of pyridine rings is 1. The Kier molecular flexibility index (Phi) is 4.61. The highest BCUT2D eigenvalue weighted by Gasteiger charge is 2.20. The number of nitriles is 1. The Balaban J connectivity index is 2.73. The van der Waals surface area contributed by atoms with Crippen molar-refractivity contribution in [3.8, 4) is 6.07 Å². The van der Waals surface area contributed by atoms with Crippen molar-refractivity contribution in [3.63, 3.8) is 0 Å². The number of aromatic nitrogens is 1. The molecular weight excluding hydrogens is 218 g/mol. The van der Waals surface area contributed by atoms with Gasteiger partial charge in [-0.05, 0) is 12.0 Å². The summed E-state index contributed by atoms with van der Waals surface area (Å²) in [5, 5.41) is 20.8. The van der Waals surface area contributed by atoms with Crippen molar-refractivity contribution in [3.05, 3.63) is 29.6 Å². The van der Waals surface area contributed by atoms with E-state index in [9.17, 15) is 4.79 Å². The van der Waals surface area contributed by atoms with Crippen molar-refractivity contribution in [1.82, 2.24) is 10.3 Å². The average Bonchev–Trinajstić information content (AvgIpc) is 2.29. The van der Waals surface area contributed by atoms with Crippen molar-refractivity contribution in [2.75, 3.05) is 0 Å². The van der Waals surface area contributed by atoms with Crippen molar-refractivity contribution < 1.29 is 9.90 Å². The molecule has 0 aliphatic rings. The lowest BCUT2D eigenvalue weighted by molar-refractivity contribution is -0.140. The SMILES string of the molecule is CC(C)C(NCc1cccnc1C#N)C(=O)O. The molecule has 17 heavy (non-hydrogen) atoms. The molecule has 0 saturated heterocycles. The molecule has 1 heterocycles. The first kappa shape index (κ1) is 13.1. The van der Waals surface area contributed by atoms with Gasteiger partial charge in [0.1, 0.15) is 17.8 Å². The van der Waals surface area contributed by atoms with E-state index in [4.69, 9.17) is 10.4 Å². The molecule has 5 heteroatoms. The third-order valence-electron chi connectivity index (χ3n) is 2.44. The van der Waals surface area contributed by atoms with E-state index in [0.29, 0.717) is 17.8 Å². The number of carbonyl (C=O) groups is 1. The van der Waals surface area contributed by atoms with Crippen LogP contribution in [0.3, 0.4) is 0 Å². The molecule has 5 nitrogen and oxygen atoms in total. The number of hydrogen-bond donors (Lipinski definition) is 2. The highest BCUT2D eigenvalue weighted by Crippen LogP contribution is 2.07. The minimum Gasteiger partial charge on any atom is -0.480 e. The number of aliphatic carboxylic acids is 1. The lowest BCUT2D eigenvalue weighted by atomic mass is 10.0. The quantitative estimate of drug-likeness (QED) is 0.796. The fourth-order valence-corrected chi connectivity index (χ4v) is 1.51. The largest absolute Gasteiger partial charge is 0.480 e. The standard InChI is InChI=1S/C12H15N3O2/c1-8(2)11(12(16)17)15-7-9-4-3-5-14-10(9)6-13/h3-5,8,11,15H,7H2,1-2H3,(H,16,17). The molecule has 0 aromatic carbocycles. The molecule has 1 rings (SSSR count). The molecular formula is C12H15N3O2. The summed E-state index contributed by atoms with van der Waals surface area (Å²) in [5.41, 5.74) is 1.04. The second-order valence-corrected chi connectivity index (χ2v) is 4.06. The van der Waals surface area contributed by atoms with E-state index in [-0.39, 0.29) is 5.92 Å². The fraction of sp³-hybridized carbons (Fsp3) is 0.417. The van der Waals surface area contributed by atoms with Crippen LogP contribution in [0.1, 0.15) is 25.1 Å². The molecule has 0 aliphatic heterocycles. The molecule has 90 valence electrons. The molecule has 0 radical (unpaired) electrons. The van der Waals surface area contributed by atoms with Gasteiger partial charge in [-0.3, -0.25) is 10.1 Å². The number of rotatable bonds is 5. The summed E-state index contributed by atoms with van der Waals surface area (Å²) in [4.78, 5) is 14.9. The zero-order valence-electron chi connectivity index (χ0n) is 9.84. The number of nitrogens with one attached hydrogen (secondary N) is 1. The highest BCUT2D eigenvalue weighted by atomic mass is 16.4. The summed E-state index contributed by atoms with van der Waals surface area (Å²) in [6.45, 7) is 3.99. The summed E-state index contributed by atoms with van der Waals surface area (Å²) < 4.78 is 0. The topological polar surface area (TPSA) is 86.0 Å². The first-order valence-corrected chi connectivity index (χ1v) is 5.36. The summed E-state index contributed by atoms with van der Waals surface area (Å²) in [7, 11) is 0. The zero-order chi connectivity index (χ0) is 12.8. The van der Waals surface area contributed by atoms with Gasteiger partial charge >= 0.3 is 5.97 Å². The minimum absolute atomic E-state index is 0.0188. The lowest BCUT2D eigenvalue weighted by Crippen LogP contribution is -2.40. The molecule has 0 saturated carbocycles. The van der Waals surface area contributed by atoms with E-state index in [1.807, 2.05) is 19.9 Å². The number of carboxylic acid groups (broad SMARTS) is 1. The maximum absolute atomic E-state index is 11.0. The normalized spacial score (nSPS) is 12.1. The van der Waals surface area contributed by atoms with E-state index in [1.165, 1.54) is 0 Å². The molecule has 0 fully saturated rings. The van der Waals surface area contributed by atoms with Crippen LogP contribution in [0.2, 0.25) is 0 Å². The monoisotopic (exact) mass is 233 g/mol. The van der Waals surface area contributed by atoms with Crippen molar-refractivity contribution >= 4 is 5.97 Å². The van der Waals surface area contributed by atoms with Gasteiger partial charge in [0.25, 0.3) is 0 Å². The highest BCUT2D eigenvalue weighted by molar-refractivity contribution is 5.73. The molecule has 0 aliphatic carbocycles. The van der Waals surface area contributed by atoms with Gasteiger partial charge in [-0.2, -0.15) is 5.26 Å². The van der Waals surface area contributed by atoms with Gasteiger partial charge in [-0.15, -0.1) is 0 Å². The second-order valence-electron chi connectivity index (χ2n) is 4.06. The predicted molar refractivity (Wildman–Crippen MR) is 62.1 cm³/mol. The van der Waals surface area contributed by atoms with Crippen molar-refractivity contribution in [1.29, 1.82) is 5.26 Å². The Hall–Kier alpha value is -1.93. The van der Waals surface area contributed by atoms with Crippen LogP contribution in [0.25, 0.3) is 0 Å². The first-order chi connectivity index (χ1) is 8.06. The second kappa shape index (κ2) is 5.97. The zero-order valence-corrected chi connectivity index (χ0v) is 9.84. The smallest absolute Gasteiger partial charge is 0.320 e. The molecule has 1 atom stereocenters. The van der Waals surface area contributed by atoms with Crippen LogP contribution in [-0.2, 0) is 11.3 Å². The van der Waals surface area contributed by atoms with Crippen LogP contribution >= 0.6 is 0 Å². The van der Waals surface area contributed by atoms with Crippen LogP contribution in [0.5, 0.6) is 0 Å². The van der Waals surface area contributed by atoms with Gasteiger partial charge in [0.05, 0.1) is 0 Å². The Morgan fingerprint density at radius 1 is 1.65 bits per heavy atom. The van der Waals surface area contributed by atoms with Gasteiger partial charge in [0.15, 0.2) is 0 Å². The molecule has 1 aromatic rings. The predicted octanol–water partition coefficient (Wildman–Crippen LogP) is 1.15. The molecule has 1 unspecified atom stereocenters. The molecule has 0 bridgehead atoms. The molecule has 0 spiro atoms. The first-order valence-electron chi connectivity index (χ1n) is 5.36. The lowest BCUT2D eigenvalue weighted by Gasteiger charge is -2.17. The maximum atomic E-state index is 11.0. The minimum atomic E-state index is -0.887. The third-order valence-corrected chi connectivity index (χ3v) is 2.44. The van der Waals surface area contributed by atoms with Gasteiger partial charge in [0.2, 0.25) is 0 Å². The number of carboxylic acids is 1. The molecule has 0 amide bonds. The summed E-state index contributed by atoms with van der Waals surface area (Å²) >= 11 is 0. The fourth-order valence-electron chi connectivity index (χ4n) is 1.51. The Morgan fingerprint density at radius 3 is 2.88 bits per heavy atom. The van der Waals surface area contributed by atoms with Crippen LogP contribution < -0.4 is 5.32 Å². The van der Waals surface area contributed by atoms with Gasteiger partial charge < -0.3 is 5.11 Å². The van der Waals surface area contributed by atoms with E-state index >= 15 is 0 Å². The maximum Gasteiger partial charge on any atom is 0.320 e. The van der Waals surface area contributed by atoms with Crippen LogP contribution in [-0.4, -0.2) is 22.1 Å². The van der Waals surface area contributed by atoms with Crippen molar-refractivity contribution in [2.45, 2.75) is 26.4 Å². The van der Waals surface area contributed by atoms with Gasteiger partial charge in [-0.25, -0.2) is 4.98 Å². The average molecular weight is 233 g/mol. The van der Waals surface area contributed by atoms with E-state index in [1.54, 1.807) is 18.3 Å². The van der Waals surface area contributed by atoms with Gasteiger partial charge in [-0.1, -0.05) is 19.9 Å². The van der Waals surface area contributed by atoms with Crippen LogP contribution in [0.4, 0.5) is 0 Å². The van der Waals surface area contributed by atoms with Crippen molar-refractivity contribution in [2.24, 2.45) is 5.92 Å². The molecule has 2 N–H and O–H groups in total. The Bertz CT molecular complexity index is 438. The number of nitrogens with zero attached hydrogens (tertiary/aromatic N) is 2. The number of hydrogen-bond acceptors (Lipinski definition) is 4. The molecule has 1 aromatic heterocycles. The van der Waals surface area contributed by atoms with E-state index < -0.39 is 12.0 Å². The van der Waals surface area contributed by atoms with E-state index in [0.717, 1.165) is 0 Å². The Labute approximate surface area is 100 Å². The summed E-state index contributed by atoms with van der Waals surface area (Å²) in [6.07, 6.45) is 1.54. The van der Waals surface area contributed by atoms with Crippen LogP contribution in [0.15, 0.2) is 18.3 Å². The third kappa shape index (κ3) is 3.54. The van der Waals surface area contributed by atoms with Gasteiger partial charge in [0, 0.05) is 18.3 Å². The Morgan fingerprint density at radius 2 is 2.35 bits per heavy atom. The van der Waals surface area contributed by atoms with Crippen LogP contribution in [0, 0.1) is 17.2 Å². The summed E-state index contributed by atoms with van der Waals surface area (Å²) in [6, 6.07) is 4.84.